The Bertz CT molecular complexity index is 1210. The summed E-state index contributed by atoms with van der Waals surface area (Å²) in [7, 11) is 0. The third-order valence-corrected chi connectivity index (χ3v) is 5.86. The number of para-hydroxylation sites is 1. The summed E-state index contributed by atoms with van der Waals surface area (Å²) in [6, 6.07) is 13.9. The van der Waals surface area contributed by atoms with Crippen molar-refractivity contribution in [2.75, 3.05) is 5.32 Å². The molecular weight excluding hydrogens is 408 g/mol. The molecule has 0 saturated heterocycles. The quantitative estimate of drug-likeness (QED) is 0.418. The number of hydrogen-bond acceptors (Lipinski definition) is 6. The minimum atomic E-state index is -0.139. The fraction of sp³-hybridized carbons (Fsp3) is 0.250. The van der Waals surface area contributed by atoms with E-state index in [0.717, 1.165) is 21.8 Å². The molecule has 0 unspecified atom stereocenters. The van der Waals surface area contributed by atoms with E-state index in [-0.39, 0.29) is 18.2 Å². The van der Waals surface area contributed by atoms with Crippen molar-refractivity contribution in [3.63, 3.8) is 0 Å². The molecule has 7 heteroatoms. The summed E-state index contributed by atoms with van der Waals surface area (Å²) in [6.07, 6.45) is 0.192. The summed E-state index contributed by atoms with van der Waals surface area (Å²) in [5.41, 5.74) is 5.32. The number of carbonyl (C=O) groups is 1. The summed E-state index contributed by atoms with van der Waals surface area (Å²) >= 11 is 1.54. The second kappa shape index (κ2) is 8.81. The highest BCUT2D eigenvalue weighted by Gasteiger charge is 2.18. The van der Waals surface area contributed by atoms with Crippen molar-refractivity contribution in [2.45, 2.75) is 40.0 Å². The monoisotopic (exact) mass is 432 g/mol. The Kier molecular flexibility index (Phi) is 5.95. The van der Waals surface area contributed by atoms with Crippen LogP contribution in [0.4, 0.5) is 5.69 Å². The molecular formula is C24H24N4O2S. The molecule has 0 fully saturated rings. The first kappa shape index (κ1) is 20.9. The lowest BCUT2D eigenvalue weighted by Gasteiger charge is -2.11. The van der Waals surface area contributed by atoms with E-state index in [1.54, 1.807) is 11.3 Å². The van der Waals surface area contributed by atoms with Crippen LogP contribution in [0.5, 0.6) is 0 Å². The number of benzene rings is 2. The number of aryl methyl sites for hydroxylation is 2. The van der Waals surface area contributed by atoms with E-state index < -0.39 is 0 Å². The first-order valence-electron chi connectivity index (χ1n) is 10.2. The summed E-state index contributed by atoms with van der Waals surface area (Å²) in [5.74, 6) is 1.06. The van der Waals surface area contributed by atoms with Crippen molar-refractivity contribution in [3.05, 3.63) is 70.5 Å². The minimum Gasteiger partial charge on any atom is -0.334 e. The van der Waals surface area contributed by atoms with Gasteiger partial charge in [-0.2, -0.15) is 4.98 Å². The zero-order valence-electron chi connectivity index (χ0n) is 18.0. The highest BCUT2D eigenvalue weighted by atomic mass is 32.1. The summed E-state index contributed by atoms with van der Waals surface area (Å²) in [6.45, 7) is 8.01. The number of nitrogens with one attached hydrogen (secondary N) is 1. The van der Waals surface area contributed by atoms with Crippen LogP contribution in [0.15, 0.2) is 52.4 Å². The van der Waals surface area contributed by atoms with Crippen LogP contribution in [0.3, 0.4) is 0 Å². The number of anilines is 1. The molecule has 0 spiro atoms. The standard InChI is InChI=1S/C24H24N4O2S/c1-14(2)22-27-23(30-28-22)19-7-5-6-16(4)21(19)26-20(29)12-18-13-31-24(25-18)17-10-8-15(3)9-11-17/h5-11,13-14H,12H2,1-4H3,(H,26,29). The van der Waals surface area contributed by atoms with Gasteiger partial charge in [0.15, 0.2) is 5.82 Å². The van der Waals surface area contributed by atoms with E-state index in [1.165, 1.54) is 5.56 Å². The molecule has 0 aliphatic heterocycles. The maximum atomic E-state index is 12.8. The second-order valence-electron chi connectivity index (χ2n) is 7.84. The van der Waals surface area contributed by atoms with Crippen LogP contribution in [0.1, 0.15) is 42.4 Å². The minimum absolute atomic E-state index is 0.139. The molecule has 2 aromatic heterocycles. The first-order chi connectivity index (χ1) is 14.9. The molecule has 0 bridgehead atoms. The Morgan fingerprint density at radius 3 is 2.58 bits per heavy atom. The van der Waals surface area contributed by atoms with Crippen LogP contribution in [-0.4, -0.2) is 21.0 Å². The lowest BCUT2D eigenvalue weighted by Crippen LogP contribution is -2.16. The number of hydrogen-bond donors (Lipinski definition) is 1. The predicted octanol–water partition coefficient (Wildman–Crippen LogP) is 5.78. The molecule has 1 N–H and O–H groups in total. The number of amides is 1. The van der Waals surface area contributed by atoms with E-state index in [4.69, 9.17) is 4.52 Å². The van der Waals surface area contributed by atoms with Gasteiger partial charge in [0.1, 0.15) is 5.01 Å². The van der Waals surface area contributed by atoms with Gasteiger partial charge in [0.25, 0.3) is 5.89 Å². The fourth-order valence-corrected chi connectivity index (χ4v) is 3.98. The highest BCUT2D eigenvalue weighted by Crippen LogP contribution is 2.31. The molecule has 31 heavy (non-hydrogen) atoms. The van der Waals surface area contributed by atoms with E-state index in [9.17, 15) is 4.79 Å². The Morgan fingerprint density at radius 2 is 1.87 bits per heavy atom. The van der Waals surface area contributed by atoms with Gasteiger partial charge in [-0.15, -0.1) is 11.3 Å². The average Bonchev–Trinajstić information content (AvgIpc) is 3.40. The van der Waals surface area contributed by atoms with Crippen LogP contribution in [0, 0.1) is 13.8 Å². The van der Waals surface area contributed by atoms with Crippen LogP contribution in [-0.2, 0) is 11.2 Å². The molecule has 2 heterocycles. The molecule has 0 radical (unpaired) electrons. The van der Waals surface area contributed by atoms with Gasteiger partial charge in [-0.1, -0.05) is 61.0 Å². The summed E-state index contributed by atoms with van der Waals surface area (Å²) in [5, 5.41) is 9.90. The van der Waals surface area contributed by atoms with Crippen LogP contribution >= 0.6 is 11.3 Å². The molecule has 6 nitrogen and oxygen atoms in total. The summed E-state index contributed by atoms with van der Waals surface area (Å²) in [4.78, 5) is 21.9. The van der Waals surface area contributed by atoms with Gasteiger partial charge in [0, 0.05) is 16.9 Å². The van der Waals surface area contributed by atoms with Gasteiger partial charge in [-0.25, -0.2) is 4.98 Å². The molecule has 158 valence electrons. The Labute approximate surface area is 185 Å². The van der Waals surface area contributed by atoms with Gasteiger partial charge < -0.3 is 9.84 Å². The second-order valence-corrected chi connectivity index (χ2v) is 8.70. The van der Waals surface area contributed by atoms with E-state index in [1.807, 2.05) is 56.5 Å². The molecule has 0 atom stereocenters. The highest BCUT2D eigenvalue weighted by molar-refractivity contribution is 7.13. The molecule has 0 saturated carbocycles. The van der Waals surface area contributed by atoms with Crippen molar-refractivity contribution in [1.82, 2.24) is 15.1 Å². The number of aromatic nitrogens is 3. The smallest absolute Gasteiger partial charge is 0.260 e. The van der Waals surface area contributed by atoms with Gasteiger partial charge >= 0.3 is 0 Å². The van der Waals surface area contributed by atoms with Gasteiger partial charge in [0.05, 0.1) is 23.4 Å². The van der Waals surface area contributed by atoms with Crippen LogP contribution in [0.2, 0.25) is 0 Å². The zero-order chi connectivity index (χ0) is 22.0. The Morgan fingerprint density at radius 1 is 1.10 bits per heavy atom. The van der Waals surface area contributed by atoms with Crippen molar-refractivity contribution in [1.29, 1.82) is 0 Å². The first-order valence-corrected chi connectivity index (χ1v) is 11.0. The molecule has 4 aromatic rings. The topological polar surface area (TPSA) is 80.9 Å². The lowest BCUT2D eigenvalue weighted by molar-refractivity contribution is -0.115. The molecule has 0 aliphatic rings. The Balaban J connectivity index is 1.52. The van der Waals surface area contributed by atoms with Crippen LogP contribution < -0.4 is 5.32 Å². The number of thiazole rings is 1. The third kappa shape index (κ3) is 4.72. The van der Waals surface area contributed by atoms with Crippen molar-refractivity contribution in [2.24, 2.45) is 0 Å². The molecule has 4 rings (SSSR count). The Hall–Kier alpha value is -3.32. The van der Waals surface area contributed by atoms with Crippen molar-refractivity contribution >= 4 is 22.9 Å². The fourth-order valence-electron chi connectivity index (χ4n) is 3.16. The lowest BCUT2D eigenvalue weighted by atomic mass is 10.1. The average molecular weight is 433 g/mol. The van der Waals surface area contributed by atoms with Gasteiger partial charge in [-0.05, 0) is 25.5 Å². The molecule has 2 aromatic carbocycles. The SMILES string of the molecule is Cc1ccc(-c2nc(CC(=O)Nc3c(C)cccc3-c3nc(C(C)C)no3)cs2)cc1. The molecule has 1 amide bonds. The van der Waals surface area contributed by atoms with E-state index in [0.29, 0.717) is 23.0 Å². The maximum Gasteiger partial charge on any atom is 0.260 e. The van der Waals surface area contributed by atoms with Gasteiger partial charge in [-0.3, -0.25) is 4.79 Å². The largest absolute Gasteiger partial charge is 0.334 e. The zero-order valence-corrected chi connectivity index (χ0v) is 18.8. The maximum absolute atomic E-state index is 12.8. The number of nitrogens with zero attached hydrogens (tertiary/aromatic N) is 3. The number of carbonyl (C=O) groups excluding carboxylic acids is 1. The van der Waals surface area contributed by atoms with Gasteiger partial charge in [0.2, 0.25) is 5.91 Å². The summed E-state index contributed by atoms with van der Waals surface area (Å²) < 4.78 is 5.45. The number of rotatable bonds is 6. The molecule has 0 aliphatic carbocycles. The van der Waals surface area contributed by atoms with Crippen molar-refractivity contribution in [3.8, 4) is 22.0 Å². The normalized spacial score (nSPS) is 11.1. The van der Waals surface area contributed by atoms with Crippen molar-refractivity contribution < 1.29 is 9.32 Å². The predicted molar refractivity (Wildman–Crippen MR) is 123 cm³/mol. The van der Waals surface area contributed by atoms with E-state index >= 15 is 0 Å². The third-order valence-electron chi connectivity index (χ3n) is 4.92. The van der Waals surface area contributed by atoms with E-state index in [2.05, 4.69) is 39.5 Å². The van der Waals surface area contributed by atoms with Crippen LogP contribution in [0.25, 0.3) is 22.0 Å².